The van der Waals surface area contributed by atoms with Crippen molar-refractivity contribution < 1.29 is 28.3 Å². The average Bonchev–Trinajstić information content (AvgIpc) is 2.74. The number of anilines is 1. The molecule has 7 N–H and O–H groups in total. The highest BCUT2D eigenvalue weighted by molar-refractivity contribution is 7.45. The molecular formula is C12H21N4O7P. The van der Waals surface area contributed by atoms with E-state index in [4.69, 9.17) is 15.0 Å². The second kappa shape index (κ2) is 6.52. The van der Waals surface area contributed by atoms with Crippen molar-refractivity contribution in [3.05, 3.63) is 22.2 Å². The van der Waals surface area contributed by atoms with Gasteiger partial charge in [-0.25, -0.2) is 4.79 Å². The summed E-state index contributed by atoms with van der Waals surface area (Å²) in [5.41, 5.74) is 5.63. The molecule has 0 spiro atoms. The first-order chi connectivity index (χ1) is 10.7. The van der Waals surface area contributed by atoms with Crippen LogP contribution in [0.1, 0.15) is 31.6 Å². The van der Waals surface area contributed by atoms with Gasteiger partial charge in [0.1, 0.15) is 24.1 Å². The monoisotopic (exact) mass is 364 g/mol. The van der Waals surface area contributed by atoms with E-state index in [2.05, 4.69) is 9.51 Å². The maximum absolute atomic E-state index is 12.1. The molecule has 0 saturated carbocycles. The van der Waals surface area contributed by atoms with Crippen molar-refractivity contribution in [1.29, 1.82) is 0 Å². The number of phosphoric acid groups is 1. The van der Waals surface area contributed by atoms with Gasteiger partial charge < -0.3 is 35.7 Å². The Kier molecular flexibility index (Phi) is 5.17. The summed E-state index contributed by atoms with van der Waals surface area (Å²) < 4.78 is 27.3. The summed E-state index contributed by atoms with van der Waals surface area (Å²) in [6, 6.07) is 0. The number of quaternary nitrogens is 1. The third kappa shape index (κ3) is 3.24. The van der Waals surface area contributed by atoms with E-state index in [9.17, 15) is 19.4 Å². The van der Waals surface area contributed by atoms with Gasteiger partial charge in [-0.1, -0.05) is 13.8 Å². The normalized spacial score (nSPS) is 35.5. The summed E-state index contributed by atoms with van der Waals surface area (Å²) in [6.45, 7) is 3.46. The molecule has 5 atom stereocenters. The number of phosphoric ester groups is 1. The van der Waals surface area contributed by atoms with Crippen molar-refractivity contribution in [3.8, 4) is 0 Å². The van der Waals surface area contributed by atoms with Crippen LogP contribution in [0, 0.1) is 0 Å². The zero-order chi connectivity index (χ0) is 16.9. The zero-order valence-electron chi connectivity index (χ0n) is 13.5. The van der Waals surface area contributed by atoms with E-state index in [0.717, 1.165) is 4.57 Å². The minimum Gasteiger partial charge on any atom is -0.756 e. The second-order valence-electron chi connectivity index (χ2n) is 5.79. The molecule has 2 saturated heterocycles. The molecule has 12 heteroatoms. The first-order valence-corrected chi connectivity index (χ1v) is 8.52. The summed E-state index contributed by atoms with van der Waals surface area (Å²) in [6.07, 6.45) is -2.99. The summed E-state index contributed by atoms with van der Waals surface area (Å²) in [5, 5.41) is 10.3. The number of rotatable bonds is 2. The number of nitrogens with two attached hydrogens (primary N) is 1. The van der Waals surface area contributed by atoms with Crippen molar-refractivity contribution in [2.24, 2.45) is 0 Å². The van der Waals surface area contributed by atoms with Gasteiger partial charge in [0.05, 0.1) is 6.61 Å². The Hall–Kier alpha value is -1.33. The van der Waals surface area contributed by atoms with Gasteiger partial charge in [-0.05, 0) is 5.92 Å². The number of nitrogen functional groups attached to an aromatic ring is 1. The lowest BCUT2D eigenvalue weighted by molar-refractivity contribution is -0.245. The number of fused-ring (bicyclic) bond motifs is 1. The Morgan fingerprint density at radius 1 is 1.54 bits per heavy atom. The van der Waals surface area contributed by atoms with Gasteiger partial charge in [-0.15, -0.1) is 0 Å². The van der Waals surface area contributed by atoms with E-state index in [1.807, 2.05) is 13.8 Å². The molecule has 0 bridgehead atoms. The molecule has 0 aliphatic carbocycles. The number of aliphatic hydroxyl groups excluding tert-OH is 1. The minimum atomic E-state index is -4.47. The average molecular weight is 364 g/mol. The molecule has 3 heterocycles. The first kappa shape index (κ1) is 19.0. The predicted octanol–water partition coefficient (Wildman–Crippen LogP) is -0.533. The summed E-state index contributed by atoms with van der Waals surface area (Å²) in [5.74, 6) is 0.103. The molecule has 136 valence electrons. The van der Waals surface area contributed by atoms with Crippen LogP contribution in [-0.4, -0.2) is 39.6 Å². The molecule has 11 nitrogen and oxygen atoms in total. The number of hydrogen-bond acceptors (Lipinski definition) is 9. The van der Waals surface area contributed by atoms with Crippen molar-refractivity contribution in [2.75, 3.05) is 12.3 Å². The lowest BCUT2D eigenvalue weighted by Crippen LogP contribution is -2.41. The Balaban J connectivity index is 0.00000208. The number of nitrogens with zero attached hydrogens (tertiary/aromatic N) is 2. The first-order valence-electron chi connectivity index (χ1n) is 7.05. The Morgan fingerprint density at radius 3 is 2.83 bits per heavy atom. The third-order valence-corrected chi connectivity index (χ3v) is 4.83. The van der Waals surface area contributed by atoms with Gasteiger partial charge in [-0.3, -0.25) is 9.13 Å². The number of aliphatic hydroxyl groups is 1. The Labute approximate surface area is 137 Å². The fraction of sp³-hybridized carbons (Fsp3) is 0.667. The van der Waals surface area contributed by atoms with Crippen LogP contribution in [0.2, 0.25) is 0 Å². The highest BCUT2D eigenvalue weighted by Gasteiger charge is 2.50. The quantitative estimate of drug-likeness (QED) is 0.580. The largest absolute Gasteiger partial charge is 0.756 e. The molecule has 2 aliphatic heterocycles. The fourth-order valence-electron chi connectivity index (χ4n) is 2.68. The number of aromatic nitrogens is 2. The lowest BCUT2D eigenvalue weighted by atomic mass is 10.1. The van der Waals surface area contributed by atoms with Crippen LogP contribution >= 0.6 is 7.82 Å². The molecular weight excluding hydrogens is 343 g/mol. The fourth-order valence-corrected chi connectivity index (χ4v) is 3.63. The van der Waals surface area contributed by atoms with E-state index in [1.54, 1.807) is 0 Å². The molecule has 2 aliphatic rings. The van der Waals surface area contributed by atoms with E-state index < -0.39 is 38.1 Å². The lowest BCUT2D eigenvalue weighted by Gasteiger charge is -2.34. The topological polar surface area (TPSA) is 185 Å². The van der Waals surface area contributed by atoms with Crippen LogP contribution < -0.4 is 22.5 Å². The smallest absolute Gasteiger partial charge is 0.351 e. The predicted molar refractivity (Wildman–Crippen MR) is 81.3 cm³/mol. The van der Waals surface area contributed by atoms with E-state index in [1.165, 1.54) is 6.20 Å². The van der Waals surface area contributed by atoms with Crippen LogP contribution in [0.4, 0.5) is 5.82 Å². The van der Waals surface area contributed by atoms with Gasteiger partial charge in [0.2, 0.25) is 0 Å². The van der Waals surface area contributed by atoms with Gasteiger partial charge in [-0.2, -0.15) is 4.98 Å². The summed E-state index contributed by atoms with van der Waals surface area (Å²) in [7, 11) is -4.47. The third-order valence-electron chi connectivity index (χ3n) is 3.86. The Morgan fingerprint density at radius 2 is 2.21 bits per heavy atom. The molecule has 2 fully saturated rings. The van der Waals surface area contributed by atoms with Crippen LogP contribution in [0.25, 0.3) is 0 Å². The van der Waals surface area contributed by atoms with Crippen LogP contribution in [0.5, 0.6) is 0 Å². The van der Waals surface area contributed by atoms with Gasteiger partial charge in [0.25, 0.3) is 7.82 Å². The molecule has 3 rings (SSSR count). The van der Waals surface area contributed by atoms with Crippen molar-refractivity contribution in [3.63, 3.8) is 0 Å². The van der Waals surface area contributed by atoms with Crippen molar-refractivity contribution >= 4 is 13.6 Å². The summed E-state index contributed by atoms with van der Waals surface area (Å²) >= 11 is 0. The van der Waals surface area contributed by atoms with Gasteiger partial charge in [0.15, 0.2) is 6.23 Å². The van der Waals surface area contributed by atoms with Crippen LogP contribution in [0.3, 0.4) is 0 Å². The van der Waals surface area contributed by atoms with Crippen molar-refractivity contribution in [1.82, 2.24) is 15.7 Å². The molecule has 0 radical (unpaired) electrons. The Bertz CT molecular complexity index is 724. The van der Waals surface area contributed by atoms with E-state index >= 15 is 0 Å². The van der Waals surface area contributed by atoms with Crippen LogP contribution in [0.15, 0.2) is 11.0 Å². The maximum Gasteiger partial charge on any atom is 0.351 e. The molecule has 5 unspecified atom stereocenters. The van der Waals surface area contributed by atoms with Gasteiger partial charge >= 0.3 is 5.69 Å². The van der Waals surface area contributed by atoms with E-state index in [-0.39, 0.29) is 24.5 Å². The summed E-state index contributed by atoms with van der Waals surface area (Å²) in [4.78, 5) is 27.2. The molecule has 1 aromatic heterocycles. The zero-order valence-corrected chi connectivity index (χ0v) is 14.4. The SMILES string of the molecule is CC(C)c1cn(C2OC3COP(=O)([O-])OC3C2O)c(=O)nc1N.[NH4+]. The molecule has 24 heavy (non-hydrogen) atoms. The standard InChI is InChI=1S/C12H18N3O7P.H3N/c1-5(2)6-3-15(12(17)14-10(6)13)11-8(16)9-7(21-11)4-20-23(18,19)22-9;/h3,5,7-9,11,16H,4H2,1-2H3,(H,18,19)(H2,13,14,17);1H3. The van der Waals surface area contributed by atoms with Gasteiger partial charge in [0, 0.05) is 11.8 Å². The highest BCUT2D eigenvalue weighted by Crippen LogP contribution is 2.49. The van der Waals surface area contributed by atoms with Crippen molar-refractivity contribution in [2.45, 2.75) is 44.3 Å². The highest BCUT2D eigenvalue weighted by atomic mass is 31.2. The second-order valence-corrected chi connectivity index (χ2v) is 7.16. The molecule has 0 aromatic carbocycles. The number of hydrogen-bond donors (Lipinski definition) is 3. The molecule has 1 aromatic rings. The van der Waals surface area contributed by atoms with Crippen LogP contribution in [-0.2, 0) is 18.3 Å². The van der Waals surface area contributed by atoms with E-state index in [0.29, 0.717) is 5.56 Å². The molecule has 0 amide bonds. The number of ether oxygens (including phenoxy) is 1. The minimum absolute atomic E-state index is 0. The maximum atomic E-state index is 12.1.